The van der Waals surface area contributed by atoms with E-state index in [0.717, 1.165) is 13.0 Å². The minimum absolute atomic E-state index is 0.416. The van der Waals surface area contributed by atoms with Crippen LogP contribution in [0.4, 0.5) is 0 Å². The number of methoxy groups -OCH3 is 1. The van der Waals surface area contributed by atoms with Gasteiger partial charge < -0.3 is 20.3 Å². The Morgan fingerprint density at radius 1 is 1.13 bits per heavy atom. The van der Waals surface area contributed by atoms with Crippen LogP contribution in [0.25, 0.3) is 0 Å². The summed E-state index contributed by atoms with van der Waals surface area (Å²) in [5, 5.41) is 18.4. The number of nitrogens with one attached hydrogen (secondary N) is 1. The van der Waals surface area contributed by atoms with Crippen LogP contribution >= 0.6 is 0 Å². The summed E-state index contributed by atoms with van der Waals surface area (Å²) in [5.74, 6) is -3.65. The number of ether oxygens (including phenoxy) is 1. The molecule has 128 valence electrons. The molecule has 0 spiro atoms. The first-order valence-corrected chi connectivity index (χ1v) is 7.81. The third-order valence-corrected chi connectivity index (χ3v) is 3.85. The molecule has 6 nitrogen and oxygen atoms in total. The molecule has 2 atom stereocenters. The van der Waals surface area contributed by atoms with Gasteiger partial charge in [-0.15, -0.1) is 0 Å². The van der Waals surface area contributed by atoms with Gasteiger partial charge in [-0.25, -0.2) is 9.59 Å². The number of benzene rings is 1. The zero-order valence-corrected chi connectivity index (χ0v) is 13.4. The van der Waals surface area contributed by atoms with Gasteiger partial charge in [0.15, 0.2) is 0 Å². The molecule has 1 fully saturated rings. The van der Waals surface area contributed by atoms with Gasteiger partial charge in [-0.1, -0.05) is 43.2 Å². The molecule has 6 heteroatoms. The molecule has 2 unspecified atom stereocenters. The highest BCUT2D eigenvalue weighted by atomic mass is 16.5. The van der Waals surface area contributed by atoms with E-state index in [1.54, 1.807) is 0 Å². The molecule has 1 saturated carbocycles. The van der Waals surface area contributed by atoms with Crippen LogP contribution in [0.1, 0.15) is 31.2 Å². The molecule has 2 rings (SSSR count). The molecule has 1 aliphatic carbocycles. The van der Waals surface area contributed by atoms with Crippen molar-refractivity contribution in [1.29, 1.82) is 0 Å². The molecule has 0 aromatic heterocycles. The van der Waals surface area contributed by atoms with Crippen LogP contribution in [0.3, 0.4) is 0 Å². The summed E-state index contributed by atoms with van der Waals surface area (Å²) < 4.78 is 5.54. The zero-order chi connectivity index (χ0) is 17.1. The van der Waals surface area contributed by atoms with Gasteiger partial charge in [0, 0.05) is 13.2 Å². The fourth-order valence-corrected chi connectivity index (χ4v) is 2.66. The van der Waals surface area contributed by atoms with Crippen molar-refractivity contribution in [3.05, 3.63) is 35.9 Å². The van der Waals surface area contributed by atoms with Gasteiger partial charge in [0.1, 0.15) is 0 Å². The van der Waals surface area contributed by atoms with Crippen molar-refractivity contribution in [3.8, 4) is 0 Å². The van der Waals surface area contributed by atoms with Crippen LogP contribution in [0.5, 0.6) is 0 Å². The largest absolute Gasteiger partial charge is 0.473 e. The van der Waals surface area contributed by atoms with Crippen LogP contribution in [-0.2, 0) is 20.7 Å². The normalized spacial score (nSPS) is 20.2. The van der Waals surface area contributed by atoms with E-state index in [0.29, 0.717) is 12.1 Å². The maximum absolute atomic E-state index is 9.10. The van der Waals surface area contributed by atoms with E-state index in [2.05, 4.69) is 35.6 Å². The molecular formula is C17H25NO5. The lowest BCUT2D eigenvalue weighted by Gasteiger charge is -2.31. The molecule has 0 saturated heterocycles. The number of aliphatic carboxylic acids is 2. The predicted octanol–water partition coefficient (Wildman–Crippen LogP) is 1.93. The lowest BCUT2D eigenvalue weighted by molar-refractivity contribution is -0.159. The molecule has 0 heterocycles. The van der Waals surface area contributed by atoms with E-state index < -0.39 is 11.9 Å². The Bertz CT molecular complexity index is 465. The molecule has 1 aromatic carbocycles. The van der Waals surface area contributed by atoms with Crippen molar-refractivity contribution in [2.24, 2.45) is 0 Å². The van der Waals surface area contributed by atoms with Gasteiger partial charge in [-0.05, 0) is 31.4 Å². The van der Waals surface area contributed by atoms with E-state index in [-0.39, 0.29) is 0 Å². The lowest BCUT2D eigenvalue weighted by atomic mass is 9.92. The Morgan fingerprint density at radius 3 is 2.30 bits per heavy atom. The first-order chi connectivity index (χ1) is 11.0. The topological polar surface area (TPSA) is 95.9 Å². The fourth-order valence-electron chi connectivity index (χ4n) is 2.66. The molecule has 3 N–H and O–H groups in total. The van der Waals surface area contributed by atoms with Crippen LogP contribution < -0.4 is 5.32 Å². The summed E-state index contributed by atoms with van der Waals surface area (Å²) in [6.07, 6.45) is 6.64. The van der Waals surface area contributed by atoms with Crippen molar-refractivity contribution >= 4 is 11.9 Å². The molecule has 0 radical (unpaired) electrons. The van der Waals surface area contributed by atoms with Crippen molar-refractivity contribution in [2.45, 2.75) is 44.2 Å². The Labute approximate surface area is 136 Å². The molecule has 0 aliphatic heterocycles. The number of hydrogen-bond donors (Lipinski definition) is 3. The van der Waals surface area contributed by atoms with E-state index in [1.165, 1.54) is 31.2 Å². The quantitative estimate of drug-likeness (QED) is 0.717. The highest BCUT2D eigenvalue weighted by Crippen LogP contribution is 2.20. The van der Waals surface area contributed by atoms with Gasteiger partial charge in [0.2, 0.25) is 0 Å². The van der Waals surface area contributed by atoms with Crippen LogP contribution in [0.2, 0.25) is 0 Å². The first kappa shape index (κ1) is 19.1. The van der Waals surface area contributed by atoms with E-state index >= 15 is 0 Å². The van der Waals surface area contributed by atoms with Gasteiger partial charge >= 0.3 is 11.9 Å². The number of carbonyl (C=O) groups is 2. The molecule has 0 amide bonds. The number of carboxylic acid groups (broad SMARTS) is 2. The average Bonchev–Trinajstić information content (AvgIpc) is 2.57. The summed E-state index contributed by atoms with van der Waals surface area (Å²) in [6, 6.07) is 11.2. The molecule has 0 bridgehead atoms. The molecule has 1 aromatic rings. The Hall–Kier alpha value is -1.92. The van der Waals surface area contributed by atoms with Gasteiger partial charge in [0.25, 0.3) is 0 Å². The smallest absolute Gasteiger partial charge is 0.414 e. The van der Waals surface area contributed by atoms with E-state index in [4.69, 9.17) is 24.5 Å². The van der Waals surface area contributed by atoms with Crippen molar-refractivity contribution in [3.63, 3.8) is 0 Å². The third kappa shape index (κ3) is 7.76. The van der Waals surface area contributed by atoms with Gasteiger partial charge in [0.05, 0.1) is 6.10 Å². The van der Waals surface area contributed by atoms with Gasteiger partial charge in [-0.3, -0.25) is 0 Å². The predicted molar refractivity (Wildman–Crippen MR) is 86.5 cm³/mol. The van der Waals surface area contributed by atoms with Crippen molar-refractivity contribution < 1.29 is 24.5 Å². The highest BCUT2D eigenvalue weighted by molar-refractivity contribution is 6.27. The minimum Gasteiger partial charge on any atom is -0.473 e. The SMILES string of the molecule is COC1CCCCC1NCCc1ccccc1.O=C(O)C(=O)O. The first-order valence-electron chi connectivity index (χ1n) is 7.81. The van der Waals surface area contributed by atoms with Crippen molar-refractivity contribution in [1.82, 2.24) is 5.32 Å². The summed E-state index contributed by atoms with van der Waals surface area (Å²) >= 11 is 0. The number of rotatable bonds is 5. The van der Waals surface area contributed by atoms with Crippen LogP contribution in [-0.4, -0.2) is 48.0 Å². The second-order valence-electron chi connectivity index (χ2n) is 5.47. The van der Waals surface area contributed by atoms with Crippen LogP contribution in [0, 0.1) is 0 Å². The summed E-state index contributed by atoms with van der Waals surface area (Å²) in [7, 11) is 1.84. The van der Waals surface area contributed by atoms with Gasteiger partial charge in [-0.2, -0.15) is 0 Å². The Kier molecular flexibility index (Phi) is 8.94. The van der Waals surface area contributed by atoms with E-state index in [9.17, 15) is 0 Å². The Morgan fingerprint density at radius 2 is 1.74 bits per heavy atom. The molecule has 1 aliphatic rings. The number of carboxylic acids is 2. The summed E-state index contributed by atoms with van der Waals surface area (Å²) in [6.45, 7) is 1.05. The average molecular weight is 323 g/mol. The fraction of sp³-hybridized carbons (Fsp3) is 0.529. The number of hydrogen-bond acceptors (Lipinski definition) is 4. The van der Waals surface area contributed by atoms with Crippen molar-refractivity contribution in [2.75, 3.05) is 13.7 Å². The second kappa shape index (κ2) is 10.7. The lowest BCUT2D eigenvalue weighted by Crippen LogP contribution is -2.43. The standard InChI is InChI=1S/C15H23NO.C2H2O4/c1-17-15-10-6-5-9-14(15)16-12-11-13-7-3-2-4-8-13;3-1(4)2(5)6/h2-4,7-8,14-16H,5-6,9-12H2,1H3;(H,3,4)(H,5,6). The highest BCUT2D eigenvalue weighted by Gasteiger charge is 2.23. The summed E-state index contributed by atoms with van der Waals surface area (Å²) in [4.78, 5) is 18.2. The molecular weight excluding hydrogens is 298 g/mol. The third-order valence-electron chi connectivity index (χ3n) is 3.85. The maximum atomic E-state index is 9.10. The molecule has 23 heavy (non-hydrogen) atoms. The van der Waals surface area contributed by atoms with E-state index in [1.807, 2.05) is 7.11 Å². The zero-order valence-electron chi connectivity index (χ0n) is 13.4. The maximum Gasteiger partial charge on any atom is 0.414 e. The monoisotopic (exact) mass is 323 g/mol. The Balaban J connectivity index is 0.000000379. The summed E-state index contributed by atoms with van der Waals surface area (Å²) in [5.41, 5.74) is 1.41. The second-order valence-corrected chi connectivity index (χ2v) is 5.47. The van der Waals surface area contributed by atoms with Crippen LogP contribution in [0.15, 0.2) is 30.3 Å². The minimum atomic E-state index is -1.82.